The van der Waals surface area contributed by atoms with Gasteiger partial charge in [0.25, 0.3) is 5.91 Å². The number of hydrogen-bond donors (Lipinski definition) is 0. The van der Waals surface area contributed by atoms with Crippen molar-refractivity contribution in [3.63, 3.8) is 0 Å². The number of esters is 1. The molecule has 0 atom stereocenters. The standard InChI is InChI=1S/C22H25NO3/c1-16(21(25)26-5)15-23(20(24)17-11-7-6-8-12-17)19-14-10-9-13-18(19)22(2,3)4/h6-14H,1,15H2,2-5H3. The fourth-order valence-corrected chi connectivity index (χ4v) is 2.75. The smallest absolute Gasteiger partial charge is 0.334 e. The summed E-state index contributed by atoms with van der Waals surface area (Å²) in [5.41, 5.74) is 2.38. The molecule has 0 heterocycles. The van der Waals surface area contributed by atoms with Crippen LogP contribution < -0.4 is 4.90 Å². The van der Waals surface area contributed by atoms with E-state index in [9.17, 15) is 9.59 Å². The summed E-state index contributed by atoms with van der Waals surface area (Å²) in [5, 5.41) is 0. The maximum atomic E-state index is 13.2. The van der Waals surface area contributed by atoms with Crippen LogP contribution in [0.1, 0.15) is 36.7 Å². The molecule has 0 aromatic heterocycles. The number of amides is 1. The van der Waals surface area contributed by atoms with Crippen LogP contribution in [0.5, 0.6) is 0 Å². The Morgan fingerprint density at radius 3 is 2.15 bits per heavy atom. The zero-order chi connectivity index (χ0) is 19.3. The van der Waals surface area contributed by atoms with Gasteiger partial charge in [0.05, 0.1) is 13.7 Å². The molecule has 2 rings (SSSR count). The van der Waals surface area contributed by atoms with Gasteiger partial charge in [-0.15, -0.1) is 0 Å². The molecule has 0 bridgehead atoms. The molecule has 2 aromatic carbocycles. The zero-order valence-electron chi connectivity index (χ0n) is 15.8. The summed E-state index contributed by atoms with van der Waals surface area (Å²) in [6.45, 7) is 10.1. The lowest BCUT2D eigenvalue weighted by Crippen LogP contribution is -2.36. The summed E-state index contributed by atoms with van der Waals surface area (Å²) in [4.78, 5) is 26.7. The van der Waals surface area contributed by atoms with Crippen LogP contribution in [0.15, 0.2) is 66.7 Å². The average molecular weight is 351 g/mol. The predicted octanol–water partition coefficient (Wildman–Crippen LogP) is 4.36. The summed E-state index contributed by atoms with van der Waals surface area (Å²) in [6.07, 6.45) is 0. The molecular formula is C22H25NO3. The normalized spacial score (nSPS) is 10.9. The minimum Gasteiger partial charge on any atom is -0.466 e. The maximum absolute atomic E-state index is 13.2. The minimum atomic E-state index is -0.524. The highest BCUT2D eigenvalue weighted by atomic mass is 16.5. The van der Waals surface area contributed by atoms with E-state index >= 15 is 0 Å². The molecule has 0 aliphatic heterocycles. The van der Waals surface area contributed by atoms with Crippen molar-refractivity contribution < 1.29 is 14.3 Å². The molecule has 0 saturated heterocycles. The van der Waals surface area contributed by atoms with E-state index in [0.717, 1.165) is 11.3 Å². The lowest BCUT2D eigenvalue weighted by atomic mass is 9.85. The molecule has 0 unspecified atom stereocenters. The minimum absolute atomic E-state index is 0.0630. The Morgan fingerprint density at radius 2 is 1.58 bits per heavy atom. The van der Waals surface area contributed by atoms with Crippen molar-refractivity contribution in [3.8, 4) is 0 Å². The Bertz CT molecular complexity index is 804. The second-order valence-electron chi connectivity index (χ2n) is 7.12. The topological polar surface area (TPSA) is 46.6 Å². The lowest BCUT2D eigenvalue weighted by molar-refractivity contribution is -0.136. The van der Waals surface area contributed by atoms with Gasteiger partial charge in [0.15, 0.2) is 0 Å². The average Bonchev–Trinajstić information content (AvgIpc) is 2.64. The predicted molar refractivity (Wildman–Crippen MR) is 104 cm³/mol. The Morgan fingerprint density at radius 1 is 1.00 bits per heavy atom. The number of carbonyl (C=O) groups is 2. The van der Waals surface area contributed by atoms with Crippen LogP contribution in [0, 0.1) is 0 Å². The van der Waals surface area contributed by atoms with Crippen LogP contribution >= 0.6 is 0 Å². The quantitative estimate of drug-likeness (QED) is 0.594. The van der Waals surface area contributed by atoms with Gasteiger partial charge in [-0.25, -0.2) is 4.79 Å². The van der Waals surface area contributed by atoms with Crippen LogP contribution in [0.2, 0.25) is 0 Å². The fraction of sp³-hybridized carbons (Fsp3) is 0.273. The van der Waals surface area contributed by atoms with Gasteiger partial charge in [-0.3, -0.25) is 4.79 Å². The molecule has 0 aliphatic rings. The molecule has 0 saturated carbocycles. The Kier molecular flexibility index (Phi) is 5.98. The highest BCUT2D eigenvalue weighted by Crippen LogP contribution is 2.33. The SMILES string of the molecule is C=C(CN(C(=O)c1ccccc1)c1ccccc1C(C)(C)C)C(=O)OC. The number of rotatable bonds is 5. The third kappa shape index (κ3) is 4.39. The van der Waals surface area contributed by atoms with E-state index in [-0.39, 0.29) is 23.4 Å². The first-order chi connectivity index (χ1) is 12.3. The van der Waals surface area contributed by atoms with Gasteiger partial charge in [0.1, 0.15) is 0 Å². The van der Waals surface area contributed by atoms with Crippen LogP contribution in [0.4, 0.5) is 5.69 Å². The largest absolute Gasteiger partial charge is 0.466 e. The summed E-state index contributed by atoms with van der Waals surface area (Å²) >= 11 is 0. The van der Waals surface area contributed by atoms with Gasteiger partial charge >= 0.3 is 5.97 Å². The van der Waals surface area contributed by atoms with E-state index in [2.05, 4.69) is 27.4 Å². The zero-order valence-corrected chi connectivity index (χ0v) is 15.8. The number of carbonyl (C=O) groups excluding carboxylic acids is 2. The lowest BCUT2D eigenvalue weighted by Gasteiger charge is -2.30. The number of hydrogen-bond acceptors (Lipinski definition) is 3. The van der Waals surface area contributed by atoms with Crippen LogP contribution in [-0.4, -0.2) is 25.5 Å². The van der Waals surface area contributed by atoms with Gasteiger partial charge < -0.3 is 9.64 Å². The Hall–Kier alpha value is -2.88. The van der Waals surface area contributed by atoms with Gasteiger partial charge in [-0.05, 0) is 29.2 Å². The third-order valence-electron chi connectivity index (χ3n) is 4.09. The second kappa shape index (κ2) is 8.00. The molecule has 0 spiro atoms. The molecule has 2 aromatic rings. The van der Waals surface area contributed by atoms with E-state index in [1.54, 1.807) is 17.0 Å². The second-order valence-corrected chi connectivity index (χ2v) is 7.12. The van der Waals surface area contributed by atoms with Crippen molar-refractivity contribution in [2.45, 2.75) is 26.2 Å². The van der Waals surface area contributed by atoms with Crippen LogP contribution in [0.25, 0.3) is 0 Å². The molecular weight excluding hydrogens is 326 g/mol. The van der Waals surface area contributed by atoms with E-state index in [1.165, 1.54) is 7.11 Å². The molecule has 0 N–H and O–H groups in total. The third-order valence-corrected chi connectivity index (χ3v) is 4.09. The number of methoxy groups -OCH3 is 1. The molecule has 4 nitrogen and oxygen atoms in total. The Balaban J connectivity index is 2.53. The van der Waals surface area contributed by atoms with E-state index in [0.29, 0.717) is 5.56 Å². The Labute approximate surface area is 155 Å². The monoisotopic (exact) mass is 351 g/mol. The highest BCUT2D eigenvalue weighted by Gasteiger charge is 2.26. The number of anilines is 1. The van der Waals surface area contributed by atoms with Crippen molar-refractivity contribution in [3.05, 3.63) is 77.9 Å². The molecule has 0 fully saturated rings. The van der Waals surface area contributed by atoms with E-state index in [1.807, 2.05) is 42.5 Å². The van der Waals surface area contributed by atoms with Gasteiger partial charge in [-0.2, -0.15) is 0 Å². The van der Waals surface area contributed by atoms with Gasteiger partial charge in [0, 0.05) is 16.8 Å². The van der Waals surface area contributed by atoms with E-state index in [4.69, 9.17) is 4.74 Å². The highest BCUT2D eigenvalue weighted by molar-refractivity contribution is 6.07. The van der Waals surface area contributed by atoms with Gasteiger partial charge in [-0.1, -0.05) is 63.7 Å². The van der Waals surface area contributed by atoms with Crippen molar-refractivity contribution >= 4 is 17.6 Å². The van der Waals surface area contributed by atoms with Crippen molar-refractivity contribution in [2.24, 2.45) is 0 Å². The first-order valence-electron chi connectivity index (χ1n) is 8.48. The first-order valence-corrected chi connectivity index (χ1v) is 8.48. The van der Waals surface area contributed by atoms with Crippen LogP contribution in [-0.2, 0) is 14.9 Å². The number of nitrogens with zero attached hydrogens (tertiary/aromatic N) is 1. The molecule has 26 heavy (non-hydrogen) atoms. The summed E-state index contributed by atoms with van der Waals surface area (Å²) in [5.74, 6) is -0.712. The summed E-state index contributed by atoms with van der Waals surface area (Å²) in [7, 11) is 1.31. The number of para-hydroxylation sites is 1. The summed E-state index contributed by atoms with van der Waals surface area (Å²) < 4.78 is 4.76. The van der Waals surface area contributed by atoms with E-state index < -0.39 is 5.97 Å². The first kappa shape index (κ1) is 19.4. The van der Waals surface area contributed by atoms with Crippen molar-refractivity contribution in [1.82, 2.24) is 0 Å². The molecule has 4 heteroatoms. The van der Waals surface area contributed by atoms with Crippen LogP contribution in [0.3, 0.4) is 0 Å². The fourth-order valence-electron chi connectivity index (χ4n) is 2.75. The summed E-state index contributed by atoms with van der Waals surface area (Å²) in [6, 6.07) is 16.7. The molecule has 136 valence electrons. The molecule has 0 radical (unpaired) electrons. The number of ether oxygens (including phenoxy) is 1. The molecule has 1 amide bonds. The maximum Gasteiger partial charge on any atom is 0.334 e. The van der Waals surface area contributed by atoms with Crippen molar-refractivity contribution in [2.75, 3.05) is 18.6 Å². The molecule has 0 aliphatic carbocycles. The van der Waals surface area contributed by atoms with Gasteiger partial charge in [0.2, 0.25) is 0 Å². The number of benzene rings is 2. The van der Waals surface area contributed by atoms with Crippen molar-refractivity contribution in [1.29, 1.82) is 0 Å².